The molecule has 1 atom stereocenters. The van der Waals surface area contributed by atoms with Gasteiger partial charge in [0.05, 0.1) is 5.60 Å². The molecule has 0 bridgehead atoms. The van der Waals surface area contributed by atoms with Crippen molar-refractivity contribution in [1.82, 2.24) is 10.3 Å². The molecule has 2 rings (SSSR count). The van der Waals surface area contributed by atoms with E-state index in [1.165, 1.54) is 12.0 Å². The number of aromatic nitrogens is 1. The summed E-state index contributed by atoms with van der Waals surface area (Å²) in [6.07, 6.45) is 9.09. The van der Waals surface area contributed by atoms with Crippen molar-refractivity contribution in [2.45, 2.75) is 50.7 Å². The van der Waals surface area contributed by atoms with Crippen molar-refractivity contribution in [3.63, 3.8) is 0 Å². The van der Waals surface area contributed by atoms with Crippen LogP contribution in [0.3, 0.4) is 0 Å². The zero-order chi connectivity index (χ0) is 12.1. The molecule has 0 amide bonds. The summed E-state index contributed by atoms with van der Waals surface area (Å²) in [5.74, 6) is 0. The third-order valence-electron chi connectivity index (χ3n) is 3.71. The van der Waals surface area contributed by atoms with Crippen molar-refractivity contribution < 1.29 is 5.11 Å². The first-order chi connectivity index (χ1) is 8.20. The Morgan fingerprint density at radius 3 is 2.82 bits per heavy atom. The summed E-state index contributed by atoms with van der Waals surface area (Å²) in [6.45, 7) is 2.80. The Balaban J connectivity index is 1.85. The molecule has 94 valence electrons. The summed E-state index contributed by atoms with van der Waals surface area (Å²) < 4.78 is 0. The van der Waals surface area contributed by atoms with E-state index in [4.69, 9.17) is 0 Å². The summed E-state index contributed by atoms with van der Waals surface area (Å²) in [5.41, 5.74) is 0.682. The highest BCUT2D eigenvalue weighted by molar-refractivity contribution is 5.12. The van der Waals surface area contributed by atoms with Crippen LogP contribution in [0.25, 0.3) is 0 Å². The molecule has 1 saturated carbocycles. The molecule has 1 heterocycles. The standard InChI is InChI=1S/C14H22N2O/c1-12(13-6-5-9-15-10-13)16-11-14(17)7-3-2-4-8-14/h5-6,9-10,12,16-17H,2-4,7-8,11H2,1H3. The molecule has 3 nitrogen and oxygen atoms in total. The highest BCUT2D eigenvalue weighted by Gasteiger charge is 2.29. The van der Waals surface area contributed by atoms with E-state index in [2.05, 4.69) is 23.3 Å². The van der Waals surface area contributed by atoms with Crippen molar-refractivity contribution in [3.05, 3.63) is 30.1 Å². The molecule has 2 N–H and O–H groups in total. The van der Waals surface area contributed by atoms with Gasteiger partial charge in [0.25, 0.3) is 0 Å². The van der Waals surface area contributed by atoms with Gasteiger partial charge in [-0.3, -0.25) is 4.98 Å². The number of rotatable bonds is 4. The van der Waals surface area contributed by atoms with Gasteiger partial charge in [-0.15, -0.1) is 0 Å². The highest BCUT2D eigenvalue weighted by atomic mass is 16.3. The van der Waals surface area contributed by atoms with Gasteiger partial charge in [-0.05, 0) is 31.4 Å². The maximum Gasteiger partial charge on any atom is 0.0771 e. The minimum absolute atomic E-state index is 0.245. The Morgan fingerprint density at radius 1 is 1.41 bits per heavy atom. The predicted molar refractivity (Wildman–Crippen MR) is 68.7 cm³/mol. The summed E-state index contributed by atoms with van der Waals surface area (Å²) in [6, 6.07) is 4.26. The van der Waals surface area contributed by atoms with Crippen LogP contribution in [0.15, 0.2) is 24.5 Å². The van der Waals surface area contributed by atoms with Crippen molar-refractivity contribution in [3.8, 4) is 0 Å². The quantitative estimate of drug-likeness (QED) is 0.841. The number of hydrogen-bond acceptors (Lipinski definition) is 3. The molecule has 1 fully saturated rings. The zero-order valence-corrected chi connectivity index (χ0v) is 10.5. The lowest BCUT2D eigenvalue weighted by molar-refractivity contribution is 0.00299. The van der Waals surface area contributed by atoms with Gasteiger partial charge >= 0.3 is 0 Å². The van der Waals surface area contributed by atoms with Gasteiger partial charge in [0, 0.05) is 25.0 Å². The summed E-state index contributed by atoms with van der Waals surface area (Å²) in [4.78, 5) is 4.12. The fourth-order valence-electron chi connectivity index (χ4n) is 2.48. The smallest absolute Gasteiger partial charge is 0.0771 e. The lowest BCUT2D eigenvalue weighted by atomic mass is 9.84. The molecular weight excluding hydrogens is 212 g/mol. The Morgan fingerprint density at radius 2 is 2.18 bits per heavy atom. The lowest BCUT2D eigenvalue weighted by Gasteiger charge is -2.33. The SMILES string of the molecule is CC(NCC1(O)CCCCC1)c1cccnc1. The molecule has 1 aliphatic rings. The third kappa shape index (κ3) is 3.51. The van der Waals surface area contributed by atoms with Crippen molar-refractivity contribution in [2.24, 2.45) is 0 Å². The molecular formula is C14H22N2O. The van der Waals surface area contributed by atoms with E-state index in [0.717, 1.165) is 25.7 Å². The van der Waals surface area contributed by atoms with E-state index in [1.807, 2.05) is 12.3 Å². The van der Waals surface area contributed by atoms with Crippen LogP contribution in [-0.4, -0.2) is 22.2 Å². The molecule has 1 aliphatic carbocycles. The molecule has 1 aromatic rings. The Labute approximate surface area is 103 Å². The number of hydrogen-bond donors (Lipinski definition) is 2. The van der Waals surface area contributed by atoms with E-state index in [-0.39, 0.29) is 6.04 Å². The van der Waals surface area contributed by atoms with Crippen LogP contribution in [0, 0.1) is 0 Å². The van der Waals surface area contributed by atoms with Gasteiger partial charge in [-0.25, -0.2) is 0 Å². The molecule has 0 aliphatic heterocycles. The van der Waals surface area contributed by atoms with Gasteiger partial charge in [0.1, 0.15) is 0 Å². The minimum atomic E-state index is -0.491. The molecule has 0 radical (unpaired) electrons. The second-order valence-corrected chi connectivity index (χ2v) is 5.17. The van der Waals surface area contributed by atoms with Crippen LogP contribution in [0.5, 0.6) is 0 Å². The largest absolute Gasteiger partial charge is 0.389 e. The van der Waals surface area contributed by atoms with E-state index in [1.54, 1.807) is 6.20 Å². The van der Waals surface area contributed by atoms with Gasteiger partial charge in [0.2, 0.25) is 0 Å². The normalized spacial score (nSPS) is 21.1. The molecule has 3 heteroatoms. The van der Waals surface area contributed by atoms with Crippen molar-refractivity contribution in [1.29, 1.82) is 0 Å². The minimum Gasteiger partial charge on any atom is -0.389 e. The fraction of sp³-hybridized carbons (Fsp3) is 0.643. The topological polar surface area (TPSA) is 45.1 Å². The average molecular weight is 234 g/mol. The van der Waals surface area contributed by atoms with Crippen LogP contribution < -0.4 is 5.32 Å². The molecule has 0 saturated heterocycles. The van der Waals surface area contributed by atoms with Crippen LogP contribution in [0.4, 0.5) is 0 Å². The summed E-state index contributed by atoms with van der Waals surface area (Å²) in [5, 5.41) is 13.8. The molecule has 1 unspecified atom stereocenters. The molecule has 1 aromatic heterocycles. The van der Waals surface area contributed by atoms with Crippen LogP contribution in [-0.2, 0) is 0 Å². The number of nitrogens with one attached hydrogen (secondary N) is 1. The third-order valence-corrected chi connectivity index (χ3v) is 3.71. The first-order valence-electron chi connectivity index (χ1n) is 6.55. The maximum absolute atomic E-state index is 10.4. The lowest BCUT2D eigenvalue weighted by Crippen LogP contribution is -2.42. The van der Waals surface area contributed by atoms with E-state index >= 15 is 0 Å². The zero-order valence-electron chi connectivity index (χ0n) is 10.5. The van der Waals surface area contributed by atoms with Crippen LogP contribution >= 0.6 is 0 Å². The van der Waals surface area contributed by atoms with Gasteiger partial charge in [-0.1, -0.05) is 25.3 Å². The Kier molecular flexibility index (Phi) is 4.13. The van der Waals surface area contributed by atoms with E-state index in [0.29, 0.717) is 6.54 Å². The number of pyridine rings is 1. The van der Waals surface area contributed by atoms with Crippen molar-refractivity contribution >= 4 is 0 Å². The molecule has 17 heavy (non-hydrogen) atoms. The Hall–Kier alpha value is -0.930. The fourth-order valence-corrected chi connectivity index (χ4v) is 2.48. The number of aliphatic hydroxyl groups is 1. The predicted octanol–water partition coefficient (Wildman–Crippen LogP) is 2.43. The van der Waals surface area contributed by atoms with Crippen LogP contribution in [0.1, 0.15) is 50.6 Å². The molecule has 0 spiro atoms. The summed E-state index contributed by atoms with van der Waals surface area (Å²) in [7, 11) is 0. The average Bonchev–Trinajstić information content (AvgIpc) is 2.38. The Bertz CT molecular complexity index is 333. The van der Waals surface area contributed by atoms with Gasteiger partial charge in [-0.2, -0.15) is 0 Å². The highest BCUT2D eigenvalue weighted by Crippen LogP contribution is 2.27. The first-order valence-corrected chi connectivity index (χ1v) is 6.55. The monoisotopic (exact) mass is 234 g/mol. The maximum atomic E-state index is 10.4. The molecule has 0 aromatic carbocycles. The first kappa shape index (κ1) is 12.5. The van der Waals surface area contributed by atoms with Crippen LogP contribution in [0.2, 0.25) is 0 Å². The second kappa shape index (κ2) is 5.61. The summed E-state index contributed by atoms with van der Waals surface area (Å²) >= 11 is 0. The van der Waals surface area contributed by atoms with Gasteiger partial charge in [0.15, 0.2) is 0 Å². The number of nitrogens with zero attached hydrogens (tertiary/aromatic N) is 1. The van der Waals surface area contributed by atoms with Crippen molar-refractivity contribution in [2.75, 3.05) is 6.54 Å². The van der Waals surface area contributed by atoms with E-state index < -0.39 is 5.60 Å². The van der Waals surface area contributed by atoms with E-state index in [9.17, 15) is 5.11 Å². The second-order valence-electron chi connectivity index (χ2n) is 5.17. The van der Waals surface area contributed by atoms with Gasteiger partial charge < -0.3 is 10.4 Å².